The molecule has 1 aromatic carbocycles. The Bertz CT molecular complexity index is 829. The maximum absolute atomic E-state index is 12.4. The Morgan fingerprint density at radius 1 is 1.17 bits per heavy atom. The number of piperidine rings is 1. The standard InChI is InChI=1S/C22H31N5O2/c1-26-10-12-27(13-11-26)9-6-22(28)25-21-15-18-14-20(3-2-17(18)16-24-21)29-19-4-7-23-8-5-19/h2-3,14-16,19,23H,4-13H2,1H3,(H,24,25,28). The summed E-state index contributed by atoms with van der Waals surface area (Å²) < 4.78 is 6.14. The predicted molar refractivity (Wildman–Crippen MR) is 115 cm³/mol. The molecule has 2 fully saturated rings. The molecular formula is C22H31N5O2. The highest BCUT2D eigenvalue weighted by atomic mass is 16.5. The Morgan fingerprint density at radius 3 is 2.76 bits per heavy atom. The van der Waals surface area contributed by atoms with Crippen molar-refractivity contribution in [2.45, 2.75) is 25.4 Å². The highest BCUT2D eigenvalue weighted by Gasteiger charge is 2.16. The number of hydrogen-bond donors (Lipinski definition) is 2. The molecule has 2 N–H and O–H groups in total. The quantitative estimate of drug-likeness (QED) is 0.776. The van der Waals surface area contributed by atoms with Gasteiger partial charge in [0.15, 0.2) is 0 Å². The third-order valence-electron chi connectivity index (χ3n) is 5.80. The van der Waals surface area contributed by atoms with Gasteiger partial charge in [-0.25, -0.2) is 4.98 Å². The predicted octanol–water partition coefficient (Wildman–Crippen LogP) is 1.94. The zero-order valence-corrected chi connectivity index (χ0v) is 17.2. The van der Waals surface area contributed by atoms with Gasteiger partial charge in [0.2, 0.25) is 5.91 Å². The van der Waals surface area contributed by atoms with Gasteiger partial charge < -0.3 is 25.2 Å². The molecule has 0 aliphatic carbocycles. The van der Waals surface area contributed by atoms with Gasteiger partial charge in [-0.05, 0) is 62.6 Å². The highest BCUT2D eigenvalue weighted by Crippen LogP contribution is 2.24. The molecule has 0 spiro atoms. The van der Waals surface area contributed by atoms with Crippen molar-refractivity contribution in [3.8, 4) is 5.75 Å². The van der Waals surface area contributed by atoms with Gasteiger partial charge in [-0.3, -0.25) is 4.79 Å². The van der Waals surface area contributed by atoms with E-state index >= 15 is 0 Å². The molecule has 7 nitrogen and oxygen atoms in total. The van der Waals surface area contributed by atoms with Gasteiger partial charge in [0.1, 0.15) is 17.7 Å². The third kappa shape index (κ3) is 5.65. The van der Waals surface area contributed by atoms with E-state index in [1.807, 2.05) is 24.3 Å². The van der Waals surface area contributed by atoms with Crippen LogP contribution in [0.15, 0.2) is 30.5 Å². The summed E-state index contributed by atoms with van der Waals surface area (Å²) in [6.45, 7) is 6.99. The van der Waals surface area contributed by atoms with Crippen molar-refractivity contribution >= 4 is 22.5 Å². The first-order valence-corrected chi connectivity index (χ1v) is 10.6. The van der Waals surface area contributed by atoms with Crippen LogP contribution in [0.5, 0.6) is 5.75 Å². The Kier molecular flexibility index (Phi) is 6.59. The average Bonchev–Trinajstić information content (AvgIpc) is 2.74. The summed E-state index contributed by atoms with van der Waals surface area (Å²) in [5.41, 5.74) is 0. The van der Waals surface area contributed by atoms with E-state index < -0.39 is 0 Å². The summed E-state index contributed by atoms with van der Waals surface area (Å²) in [5.74, 6) is 1.49. The van der Waals surface area contributed by atoms with Crippen LogP contribution in [0.25, 0.3) is 10.8 Å². The van der Waals surface area contributed by atoms with Crippen molar-refractivity contribution in [3.63, 3.8) is 0 Å². The molecule has 4 rings (SSSR count). The van der Waals surface area contributed by atoms with Gasteiger partial charge >= 0.3 is 0 Å². The smallest absolute Gasteiger partial charge is 0.226 e. The number of nitrogens with zero attached hydrogens (tertiary/aromatic N) is 3. The summed E-state index contributed by atoms with van der Waals surface area (Å²) in [7, 11) is 2.14. The number of fused-ring (bicyclic) bond motifs is 1. The van der Waals surface area contributed by atoms with Crippen LogP contribution < -0.4 is 15.4 Å². The number of nitrogens with one attached hydrogen (secondary N) is 2. The normalized spacial score (nSPS) is 19.3. The van der Waals surface area contributed by atoms with Crippen LogP contribution in [0.1, 0.15) is 19.3 Å². The van der Waals surface area contributed by atoms with E-state index in [0.29, 0.717) is 12.2 Å². The molecule has 2 aliphatic rings. The van der Waals surface area contributed by atoms with E-state index in [9.17, 15) is 4.79 Å². The maximum atomic E-state index is 12.4. The lowest BCUT2D eigenvalue weighted by atomic mass is 10.1. The first-order valence-electron chi connectivity index (χ1n) is 10.6. The number of pyridine rings is 1. The highest BCUT2D eigenvalue weighted by molar-refractivity contribution is 5.93. The fourth-order valence-corrected chi connectivity index (χ4v) is 3.90. The molecule has 29 heavy (non-hydrogen) atoms. The molecule has 2 aliphatic heterocycles. The number of carbonyl (C=O) groups is 1. The second-order valence-corrected chi connectivity index (χ2v) is 8.09. The van der Waals surface area contributed by atoms with Crippen molar-refractivity contribution < 1.29 is 9.53 Å². The maximum Gasteiger partial charge on any atom is 0.226 e. The monoisotopic (exact) mass is 397 g/mol. The van der Waals surface area contributed by atoms with Crippen LogP contribution in [-0.2, 0) is 4.79 Å². The first kappa shape index (κ1) is 20.1. The molecule has 3 heterocycles. The third-order valence-corrected chi connectivity index (χ3v) is 5.80. The van der Waals surface area contributed by atoms with Crippen LogP contribution in [0.3, 0.4) is 0 Å². The van der Waals surface area contributed by atoms with Crippen LogP contribution in [0, 0.1) is 0 Å². The molecule has 7 heteroatoms. The molecule has 1 aromatic heterocycles. The Labute approximate surface area is 172 Å². The first-order chi connectivity index (χ1) is 14.2. The topological polar surface area (TPSA) is 69.7 Å². The van der Waals surface area contributed by atoms with Crippen molar-refractivity contribution in [1.29, 1.82) is 0 Å². The summed E-state index contributed by atoms with van der Waals surface area (Å²) in [6, 6.07) is 8.00. The van der Waals surface area contributed by atoms with E-state index in [-0.39, 0.29) is 12.0 Å². The van der Waals surface area contributed by atoms with Crippen molar-refractivity contribution in [1.82, 2.24) is 20.1 Å². The Balaban J connectivity index is 1.34. The van der Waals surface area contributed by atoms with Crippen molar-refractivity contribution in [2.75, 3.05) is 58.2 Å². The molecule has 0 unspecified atom stereocenters. The number of ether oxygens (including phenoxy) is 1. The summed E-state index contributed by atoms with van der Waals surface area (Å²) in [5, 5.41) is 8.37. The van der Waals surface area contributed by atoms with Gasteiger partial charge in [0, 0.05) is 50.7 Å². The number of likely N-dealkylation sites (N-methyl/N-ethyl adjacent to an activating group) is 1. The van der Waals surface area contributed by atoms with E-state index in [1.165, 1.54) is 0 Å². The number of piperazine rings is 1. The van der Waals surface area contributed by atoms with Crippen molar-refractivity contribution in [3.05, 3.63) is 30.5 Å². The zero-order chi connectivity index (χ0) is 20.1. The lowest BCUT2D eigenvalue weighted by Crippen LogP contribution is -2.45. The van der Waals surface area contributed by atoms with Gasteiger partial charge in [-0.2, -0.15) is 0 Å². The summed E-state index contributed by atoms with van der Waals surface area (Å²) in [6.07, 6.45) is 4.62. The Morgan fingerprint density at radius 2 is 1.97 bits per heavy atom. The molecule has 0 atom stereocenters. The van der Waals surface area contributed by atoms with E-state index in [2.05, 4.69) is 32.5 Å². The van der Waals surface area contributed by atoms with Crippen LogP contribution in [0.2, 0.25) is 0 Å². The molecule has 0 bridgehead atoms. The second kappa shape index (κ2) is 9.52. The van der Waals surface area contributed by atoms with Gasteiger partial charge in [0.05, 0.1) is 0 Å². The van der Waals surface area contributed by atoms with E-state index in [1.54, 1.807) is 6.20 Å². The molecular weight excluding hydrogens is 366 g/mol. The molecule has 0 radical (unpaired) electrons. The van der Waals surface area contributed by atoms with Gasteiger partial charge in [-0.15, -0.1) is 0 Å². The molecule has 0 saturated carbocycles. The fraction of sp³-hybridized carbons (Fsp3) is 0.545. The van der Waals surface area contributed by atoms with Crippen LogP contribution in [0.4, 0.5) is 5.82 Å². The largest absolute Gasteiger partial charge is 0.490 e. The van der Waals surface area contributed by atoms with Crippen molar-refractivity contribution in [2.24, 2.45) is 0 Å². The number of anilines is 1. The zero-order valence-electron chi connectivity index (χ0n) is 17.2. The number of benzene rings is 1. The molecule has 156 valence electrons. The number of aromatic nitrogens is 1. The average molecular weight is 398 g/mol. The summed E-state index contributed by atoms with van der Waals surface area (Å²) in [4.78, 5) is 21.4. The minimum atomic E-state index is 0.0119. The van der Waals surface area contributed by atoms with E-state index in [0.717, 1.165) is 75.2 Å². The number of hydrogen-bond acceptors (Lipinski definition) is 6. The van der Waals surface area contributed by atoms with E-state index in [4.69, 9.17) is 4.74 Å². The minimum absolute atomic E-state index is 0.0119. The Hall–Kier alpha value is -2.22. The van der Waals surface area contributed by atoms with Gasteiger partial charge in [0.25, 0.3) is 0 Å². The molecule has 2 aromatic rings. The SMILES string of the molecule is CN1CCN(CCC(=O)Nc2cc3cc(OC4CCNCC4)ccc3cn2)CC1. The number of rotatable bonds is 6. The van der Waals surface area contributed by atoms with Crippen LogP contribution in [-0.4, -0.2) is 79.7 Å². The second-order valence-electron chi connectivity index (χ2n) is 8.09. The lowest BCUT2D eigenvalue weighted by Gasteiger charge is -2.32. The molecule has 1 amide bonds. The fourth-order valence-electron chi connectivity index (χ4n) is 3.90. The molecule has 2 saturated heterocycles. The number of amides is 1. The summed E-state index contributed by atoms with van der Waals surface area (Å²) >= 11 is 0. The van der Waals surface area contributed by atoms with Crippen LogP contribution >= 0.6 is 0 Å². The minimum Gasteiger partial charge on any atom is -0.490 e. The lowest BCUT2D eigenvalue weighted by molar-refractivity contribution is -0.116. The van der Waals surface area contributed by atoms with Gasteiger partial charge in [-0.1, -0.05) is 0 Å². The number of carbonyl (C=O) groups excluding carboxylic acids is 1.